The van der Waals surface area contributed by atoms with E-state index in [1.54, 1.807) is 66.7 Å². The zero-order chi connectivity index (χ0) is 30.0. The van der Waals surface area contributed by atoms with Gasteiger partial charge in [0.05, 0.1) is 10.6 Å². The number of para-hydroxylation sites is 1. The van der Waals surface area contributed by atoms with Crippen LogP contribution in [0.3, 0.4) is 0 Å². The Balaban J connectivity index is 1.78. The smallest absolute Gasteiger partial charge is 0.264 e. The first kappa shape index (κ1) is 30.8. The second kappa shape index (κ2) is 14.7. The molecule has 7 nitrogen and oxygen atoms in total. The predicted molar refractivity (Wildman–Crippen MR) is 167 cm³/mol. The van der Waals surface area contributed by atoms with Crippen LogP contribution in [0.4, 0.5) is 5.69 Å². The summed E-state index contributed by atoms with van der Waals surface area (Å²) in [6.07, 6.45) is 0.961. The van der Waals surface area contributed by atoms with Crippen LogP contribution in [0.1, 0.15) is 24.5 Å². The Morgan fingerprint density at radius 2 is 1.38 bits per heavy atom. The first-order chi connectivity index (χ1) is 20.3. The van der Waals surface area contributed by atoms with Gasteiger partial charge in [-0.2, -0.15) is 0 Å². The maximum Gasteiger partial charge on any atom is 0.264 e. The Hall–Kier alpha value is -4.14. The Kier molecular flexibility index (Phi) is 10.8. The summed E-state index contributed by atoms with van der Waals surface area (Å²) >= 11 is 6.51. The quantitative estimate of drug-likeness (QED) is 0.212. The van der Waals surface area contributed by atoms with Crippen LogP contribution < -0.4 is 9.62 Å². The molecule has 1 N–H and O–H groups in total. The van der Waals surface area contributed by atoms with E-state index in [2.05, 4.69) is 5.32 Å². The molecule has 0 unspecified atom stereocenters. The van der Waals surface area contributed by atoms with Crippen LogP contribution in [0.2, 0.25) is 5.02 Å². The molecule has 0 heterocycles. The largest absolute Gasteiger partial charge is 0.354 e. The third kappa shape index (κ3) is 7.78. The standard InChI is InChI=1S/C33H34ClN3O4S/c1-2-22-35-33(39)31(23-26-14-6-3-7-15-26)36(24-27-16-12-13-21-30(27)34)32(38)25-37(28-17-8-4-9-18-28)42(40,41)29-19-10-5-11-20-29/h3-21,31H,2,22-25H2,1H3,(H,35,39)/t31-/m1/s1. The van der Waals surface area contributed by atoms with Crippen LogP contribution in [0.25, 0.3) is 0 Å². The minimum atomic E-state index is -4.12. The van der Waals surface area contributed by atoms with E-state index >= 15 is 0 Å². The van der Waals surface area contributed by atoms with Crippen molar-refractivity contribution in [1.29, 1.82) is 0 Å². The number of nitrogens with one attached hydrogen (secondary N) is 1. The van der Waals surface area contributed by atoms with Crippen LogP contribution >= 0.6 is 11.6 Å². The number of sulfonamides is 1. The van der Waals surface area contributed by atoms with E-state index in [1.807, 2.05) is 43.3 Å². The van der Waals surface area contributed by atoms with Gasteiger partial charge >= 0.3 is 0 Å². The number of hydrogen-bond acceptors (Lipinski definition) is 4. The van der Waals surface area contributed by atoms with Gasteiger partial charge in [0.2, 0.25) is 11.8 Å². The molecule has 4 aromatic rings. The van der Waals surface area contributed by atoms with Gasteiger partial charge in [0, 0.05) is 24.5 Å². The van der Waals surface area contributed by atoms with E-state index in [0.717, 1.165) is 16.3 Å². The molecular formula is C33H34ClN3O4S. The van der Waals surface area contributed by atoms with Gasteiger partial charge in [-0.1, -0.05) is 103 Å². The molecule has 0 aromatic heterocycles. The fourth-order valence-electron chi connectivity index (χ4n) is 4.57. The van der Waals surface area contributed by atoms with E-state index in [9.17, 15) is 18.0 Å². The van der Waals surface area contributed by atoms with Gasteiger partial charge in [0.15, 0.2) is 0 Å². The third-order valence-electron chi connectivity index (χ3n) is 6.77. The van der Waals surface area contributed by atoms with Crippen molar-refractivity contribution in [3.63, 3.8) is 0 Å². The number of carbonyl (C=O) groups is 2. The van der Waals surface area contributed by atoms with Crippen molar-refractivity contribution >= 4 is 39.1 Å². The Morgan fingerprint density at radius 1 is 0.810 bits per heavy atom. The fourth-order valence-corrected chi connectivity index (χ4v) is 6.20. The molecule has 218 valence electrons. The molecule has 4 aromatic carbocycles. The molecule has 0 radical (unpaired) electrons. The summed E-state index contributed by atoms with van der Waals surface area (Å²) in [5.41, 5.74) is 1.84. The first-order valence-electron chi connectivity index (χ1n) is 13.8. The number of rotatable bonds is 13. The molecule has 1 atom stereocenters. The highest BCUT2D eigenvalue weighted by atomic mass is 35.5. The molecule has 0 aliphatic carbocycles. The SMILES string of the molecule is CCCNC(=O)[C@@H](Cc1ccccc1)N(Cc1ccccc1Cl)C(=O)CN(c1ccccc1)S(=O)(=O)c1ccccc1. The topological polar surface area (TPSA) is 86.8 Å². The van der Waals surface area contributed by atoms with Gasteiger partial charge in [-0.25, -0.2) is 8.42 Å². The lowest BCUT2D eigenvalue weighted by molar-refractivity contribution is -0.140. The van der Waals surface area contributed by atoms with Crippen LogP contribution in [0.15, 0.2) is 120 Å². The summed E-state index contributed by atoms with van der Waals surface area (Å²) < 4.78 is 28.9. The van der Waals surface area contributed by atoms with Crippen molar-refractivity contribution in [2.75, 3.05) is 17.4 Å². The minimum absolute atomic E-state index is 0.0174. The molecule has 4 rings (SSSR count). The highest BCUT2D eigenvalue weighted by Crippen LogP contribution is 2.25. The highest BCUT2D eigenvalue weighted by Gasteiger charge is 2.34. The third-order valence-corrected chi connectivity index (χ3v) is 8.93. The lowest BCUT2D eigenvalue weighted by Crippen LogP contribution is -2.53. The summed E-state index contributed by atoms with van der Waals surface area (Å²) in [5.74, 6) is -0.857. The molecule has 2 amide bonds. The number of halogens is 1. The van der Waals surface area contributed by atoms with Gasteiger partial charge in [-0.05, 0) is 47.9 Å². The van der Waals surface area contributed by atoms with Gasteiger partial charge in [0.1, 0.15) is 12.6 Å². The summed E-state index contributed by atoms with van der Waals surface area (Å²) in [6.45, 7) is 1.89. The Bertz CT molecular complexity index is 1570. The first-order valence-corrected chi connectivity index (χ1v) is 15.6. The molecule has 0 saturated heterocycles. The van der Waals surface area contributed by atoms with Crippen LogP contribution in [-0.2, 0) is 32.6 Å². The molecule has 9 heteroatoms. The van der Waals surface area contributed by atoms with Gasteiger partial charge in [-0.3, -0.25) is 13.9 Å². The van der Waals surface area contributed by atoms with Crippen LogP contribution in [0, 0.1) is 0 Å². The van der Waals surface area contributed by atoms with E-state index < -0.39 is 28.5 Å². The zero-order valence-corrected chi connectivity index (χ0v) is 25.0. The fraction of sp³-hybridized carbons (Fsp3) is 0.212. The van der Waals surface area contributed by atoms with Crippen molar-refractivity contribution < 1.29 is 18.0 Å². The molecule has 0 bridgehead atoms. The minimum Gasteiger partial charge on any atom is -0.354 e. The summed E-state index contributed by atoms with van der Waals surface area (Å²) in [6, 6.07) is 32.1. The maximum absolute atomic E-state index is 14.3. The second-order valence-electron chi connectivity index (χ2n) is 9.77. The zero-order valence-electron chi connectivity index (χ0n) is 23.4. The van der Waals surface area contributed by atoms with Crippen molar-refractivity contribution in [2.24, 2.45) is 0 Å². The maximum atomic E-state index is 14.3. The van der Waals surface area contributed by atoms with Gasteiger partial charge in [0.25, 0.3) is 10.0 Å². The normalized spacial score (nSPS) is 11.9. The molecular weight excluding hydrogens is 570 g/mol. The number of amides is 2. The summed E-state index contributed by atoms with van der Waals surface area (Å²) in [5, 5.41) is 3.38. The van der Waals surface area contributed by atoms with Crippen LogP contribution in [0.5, 0.6) is 0 Å². The number of hydrogen-bond donors (Lipinski definition) is 1. The molecule has 42 heavy (non-hydrogen) atoms. The highest BCUT2D eigenvalue weighted by molar-refractivity contribution is 7.92. The van der Waals surface area contributed by atoms with E-state index in [4.69, 9.17) is 11.6 Å². The number of nitrogens with zero attached hydrogens (tertiary/aromatic N) is 2. The van der Waals surface area contributed by atoms with Crippen molar-refractivity contribution in [3.8, 4) is 0 Å². The molecule has 0 aliphatic rings. The Labute approximate surface area is 252 Å². The number of carbonyl (C=O) groups excluding carboxylic acids is 2. The molecule has 0 aliphatic heterocycles. The van der Waals surface area contributed by atoms with Crippen LogP contribution in [-0.4, -0.2) is 44.3 Å². The second-order valence-corrected chi connectivity index (χ2v) is 12.0. The summed E-state index contributed by atoms with van der Waals surface area (Å²) in [4.78, 5) is 29.5. The molecule has 0 fully saturated rings. The van der Waals surface area contributed by atoms with Crippen molar-refractivity contribution in [2.45, 2.75) is 37.2 Å². The lowest BCUT2D eigenvalue weighted by Gasteiger charge is -2.34. The van der Waals surface area contributed by atoms with E-state index in [1.165, 1.54) is 17.0 Å². The predicted octanol–water partition coefficient (Wildman–Crippen LogP) is 5.70. The number of anilines is 1. The van der Waals surface area contributed by atoms with E-state index in [0.29, 0.717) is 22.8 Å². The number of benzene rings is 4. The Morgan fingerprint density at radius 3 is 2.00 bits per heavy atom. The summed E-state index contributed by atoms with van der Waals surface area (Å²) in [7, 11) is -4.12. The monoisotopic (exact) mass is 603 g/mol. The average Bonchev–Trinajstić information content (AvgIpc) is 3.02. The average molecular weight is 604 g/mol. The van der Waals surface area contributed by atoms with E-state index in [-0.39, 0.29) is 23.8 Å². The van der Waals surface area contributed by atoms with Crippen molar-refractivity contribution in [1.82, 2.24) is 10.2 Å². The molecule has 0 saturated carbocycles. The van der Waals surface area contributed by atoms with Gasteiger partial charge in [-0.15, -0.1) is 0 Å². The van der Waals surface area contributed by atoms with Gasteiger partial charge < -0.3 is 10.2 Å². The van der Waals surface area contributed by atoms with Crippen molar-refractivity contribution in [3.05, 3.63) is 131 Å². The molecule has 0 spiro atoms. The lowest BCUT2D eigenvalue weighted by atomic mass is 10.0.